The van der Waals surface area contributed by atoms with Crippen molar-refractivity contribution in [1.82, 2.24) is 5.32 Å². The minimum Gasteiger partial charge on any atom is -0.473 e. The van der Waals surface area contributed by atoms with Crippen molar-refractivity contribution < 1.29 is 9.53 Å². The van der Waals surface area contributed by atoms with Crippen LogP contribution in [-0.2, 0) is 5.41 Å². The van der Waals surface area contributed by atoms with Crippen LogP contribution in [0.4, 0.5) is 10.5 Å². The average Bonchev–Trinajstić information content (AvgIpc) is 2.70. The van der Waals surface area contributed by atoms with Gasteiger partial charge in [-0.15, -0.1) is 0 Å². The van der Waals surface area contributed by atoms with E-state index in [0.717, 1.165) is 26.8 Å². The molecule has 156 valence electrons. The van der Waals surface area contributed by atoms with Crippen LogP contribution in [0.2, 0.25) is 0 Å². The average molecular weight is 421 g/mol. The summed E-state index contributed by atoms with van der Waals surface area (Å²) in [7, 11) is 0. The van der Waals surface area contributed by atoms with Gasteiger partial charge in [0, 0.05) is 9.79 Å². The van der Waals surface area contributed by atoms with Crippen molar-refractivity contribution in [3.63, 3.8) is 0 Å². The molecule has 3 aromatic carbocycles. The lowest BCUT2D eigenvalue weighted by molar-refractivity contribution is 0.233. The summed E-state index contributed by atoms with van der Waals surface area (Å²) in [6, 6.07) is 23.6. The van der Waals surface area contributed by atoms with Gasteiger partial charge in [0.2, 0.25) is 0 Å². The van der Waals surface area contributed by atoms with Crippen molar-refractivity contribution >= 4 is 23.5 Å². The number of carbonyl (C=O) groups excluding carboxylic acids is 1. The van der Waals surface area contributed by atoms with Crippen LogP contribution in [0.15, 0.2) is 82.6 Å². The number of anilines is 1. The molecule has 0 aliphatic heterocycles. The molecule has 0 unspecified atom stereocenters. The smallest absolute Gasteiger partial charge is 0.321 e. The first-order chi connectivity index (χ1) is 14.3. The molecule has 0 saturated carbocycles. The zero-order valence-corrected chi connectivity index (χ0v) is 18.7. The van der Waals surface area contributed by atoms with Gasteiger partial charge in [-0.2, -0.15) is 0 Å². The van der Waals surface area contributed by atoms with Crippen molar-refractivity contribution in [1.29, 1.82) is 0 Å². The Morgan fingerprint density at radius 1 is 0.967 bits per heavy atom. The van der Waals surface area contributed by atoms with Crippen LogP contribution in [0.25, 0.3) is 0 Å². The summed E-state index contributed by atoms with van der Waals surface area (Å²) in [6.45, 7) is 8.60. The van der Waals surface area contributed by atoms with Crippen molar-refractivity contribution in [2.45, 2.75) is 42.9 Å². The van der Waals surface area contributed by atoms with Crippen molar-refractivity contribution in [3.8, 4) is 5.75 Å². The summed E-state index contributed by atoms with van der Waals surface area (Å²) in [4.78, 5) is 14.5. The number of nitrogens with one attached hydrogen (secondary N) is 2. The van der Waals surface area contributed by atoms with E-state index in [1.165, 1.54) is 5.56 Å². The van der Waals surface area contributed by atoms with Gasteiger partial charge in [0.1, 0.15) is 5.75 Å². The van der Waals surface area contributed by atoms with Gasteiger partial charge in [0.25, 0.3) is 0 Å². The predicted octanol–water partition coefficient (Wildman–Crippen LogP) is 6.60. The van der Waals surface area contributed by atoms with E-state index in [-0.39, 0.29) is 18.2 Å². The number of benzene rings is 3. The van der Waals surface area contributed by atoms with Gasteiger partial charge in [-0.05, 0) is 48.2 Å². The lowest BCUT2D eigenvalue weighted by atomic mass is 9.85. The van der Waals surface area contributed by atoms with Crippen LogP contribution < -0.4 is 15.4 Å². The van der Waals surface area contributed by atoms with Gasteiger partial charge in [-0.1, -0.05) is 80.6 Å². The number of carbonyl (C=O) groups is 1. The molecule has 30 heavy (non-hydrogen) atoms. The molecular formula is C25H28N2O2S. The van der Waals surface area contributed by atoms with Crippen LogP contribution in [0.3, 0.4) is 0 Å². The lowest BCUT2D eigenvalue weighted by Crippen LogP contribution is -2.32. The van der Waals surface area contributed by atoms with Crippen LogP contribution in [0, 0.1) is 6.92 Å². The molecule has 2 N–H and O–H groups in total. The molecule has 0 saturated heterocycles. The largest absolute Gasteiger partial charge is 0.473 e. The van der Waals surface area contributed by atoms with E-state index in [2.05, 4.69) is 44.4 Å². The number of hydrogen-bond acceptors (Lipinski definition) is 3. The monoisotopic (exact) mass is 420 g/mol. The number of amides is 2. The van der Waals surface area contributed by atoms with E-state index < -0.39 is 0 Å². The van der Waals surface area contributed by atoms with Gasteiger partial charge in [-0.25, -0.2) is 4.79 Å². The molecule has 0 aliphatic carbocycles. The highest BCUT2D eigenvalue weighted by Gasteiger charge is 2.19. The summed E-state index contributed by atoms with van der Waals surface area (Å²) in [5.74, 6) is 0.786. The molecule has 0 radical (unpaired) electrons. The summed E-state index contributed by atoms with van der Waals surface area (Å²) in [5, 5.41) is 5.70. The molecule has 0 aliphatic rings. The minimum atomic E-state index is -0.305. The Kier molecular flexibility index (Phi) is 7.06. The topological polar surface area (TPSA) is 50.4 Å². The number of aryl methyl sites for hydroxylation is 1. The number of hydrogen-bond donors (Lipinski definition) is 2. The number of ether oxygens (including phenoxy) is 1. The fraction of sp³-hybridized carbons (Fsp3) is 0.240. The molecule has 2 amide bonds. The first-order valence-electron chi connectivity index (χ1n) is 9.93. The second kappa shape index (κ2) is 9.72. The van der Waals surface area contributed by atoms with Gasteiger partial charge >= 0.3 is 6.03 Å². The quantitative estimate of drug-likeness (QED) is 0.442. The number of urea groups is 1. The number of para-hydroxylation sites is 1. The second-order valence-corrected chi connectivity index (χ2v) is 9.20. The minimum absolute atomic E-state index is 0.0444. The van der Waals surface area contributed by atoms with Crippen molar-refractivity contribution in [3.05, 3.63) is 83.9 Å². The van der Waals surface area contributed by atoms with E-state index in [1.807, 2.05) is 66.7 Å². The van der Waals surface area contributed by atoms with E-state index in [1.54, 1.807) is 11.8 Å². The second-order valence-electron chi connectivity index (χ2n) is 8.08. The van der Waals surface area contributed by atoms with Crippen LogP contribution in [0.5, 0.6) is 5.75 Å². The van der Waals surface area contributed by atoms with Crippen molar-refractivity contribution in [2.75, 3.05) is 12.0 Å². The zero-order chi connectivity index (χ0) is 21.6. The van der Waals surface area contributed by atoms with E-state index in [9.17, 15) is 4.79 Å². The highest BCUT2D eigenvalue weighted by Crippen LogP contribution is 2.33. The third-order valence-electron chi connectivity index (χ3n) is 4.51. The Labute approximate surface area is 183 Å². The molecule has 0 spiro atoms. The maximum atomic E-state index is 12.4. The van der Waals surface area contributed by atoms with E-state index in [0.29, 0.717) is 0 Å². The number of rotatable bonds is 6. The summed E-state index contributed by atoms with van der Waals surface area (Å²) < 4.78 is 5.88. The normalized spacial score (nSPS) is 11.1. The standard InChI is InChI=1S/C25H28N2O2S/c1-18-14-15-22(20(16-18)25(2,3)4)29-17-26-24(28)27-21-12-8-9-13-23(21)30-19-10-6-5-7-11-19/h5-16H,17H2,1-4H3,(H2,26,27,28). The molecular weight excluding hydrogens is 392 g/mol. The molecule has 3 rings (SSSR count). The Bertz CT molecular complexity index is 998. The Morgan fingerprint density at radius 2 is 1.67 bits per heavy atom. The molecule has 4 nitrogen and oxygen atoms in total. The first-order valence-corrected chi connectivity index (χ1v) is 10.8. The molecule has 5 heteroatoms. The highest BCUT2D eigenvalue weighted by molar-refractivity contribution is 7.99. The zero-order valence-electron chi connectivity index (χ0n) is 17.9. The summed E-state index contributed by atoms with van der Waals surface area (Å²) in [5.41, 5.74) is 3.02. The Hall–Kier alpha value is -2.92. The van der Waals surface area contributed by atoms with Crippen molar-refractivity contribution in [2.24, 2.45) is 0 Å². The lowest BCUT2D eigenvalue weighted by Gasteiger charge is -2.23. The molecule has 0 fully saturated rings. The van der Waals surface area contributed by atoms with E-state index in [4.69, 9.17) is 4.74 Å². The molecule has 0 aromatic heterocycles. The third-order valence-corrected chi connectivity index (χ3v) is 5.59. The highest BCUT2D eigenvalue weighted by atomic mass is 32.2. The van der Waals surface area contributed by atoms with Gasteiger partial charge in [0.05, 0.1) is 5.69 Å². The van der Waals surface area contributed by atoms with Crippen LogP contribution >= 0.6 is 11.8 Å². The van der Waals surface area contributed by atoms with Gasteiger partial charge in [-0.3, -0.25) is 0 Å². The third kappa shape index (κ3) is 6.04. The summed E-state index contributed by atoms with van der Waals surface area (Å²) >= 11 is 1.61. The van der Waals surface area contributed by atoms with Crippen LogP contribution in [0.1, 0.15) is 31.9 Å². The maximum Gasteiger partial charge on any atom is 0.321 e. The molecule has 0 heterocycles. The van der Waals surface area contributed by atoms with Gasteiger partial charge < -0.3 is 15.4 Å². The Balaban J connectivity index is 1.60. The predicted molar refractivity (Wildman–Crippen MR) is 125 cm³/mol. The van der Waals surface area contributed by atoms with Gasteiger partial charge in [0.15, 0.2) is 6.73 Å². The summed E-state index contributed by atoms with van der Waals surface area (Å²) in [6.07, 6.45) is 0. The van der Waals surface area contributed by atoms with E-state index >= 15 is 0 Å². The Morgan fingerprint density at radius 3 is 2.40 bits per heavy atom. The fourth-order valence-corrected chi connectivity index (χ4v) is 3.90. The van der Waals surface area contributed by atoms with Crippen LogP contribution in [-0.4, -0.2) is 12.8 Å². The maximum absolute atomic E-state index is 12.4. The molecule has 0 atom stereocenters. The first kappa shape index (κ1) is 21.8. The molecule has 0 bridgehead atoms. The molecule has 3 aromatic rings. The fourth-order valence-electron chi connectivity index (χ4n) is 2.98. The SMILES string of the molecule is Cc1ccc(OCNC(=O)Nc2ccccc2Sc2ccccc2)c(C(C)(C)C)c1.